The lowest BCUT2D eigenvalue weighted by atomic mass is 10.6. The molecular weight excluding hydrogens is 244 g/mol. The van der Waals surface area contributed by atoms with Crippen LogP contribution in [0.1, 0.15) is 18.2 Å². The van der Waals surface area contributed by atoms with Gasteiger partial charge in [-0.05, 0) is 6.42 Å². The molecule has 0 radical (unpaired) electrons. The number of hydrogen-bond donors (Lipinski definition) is 0. The second-order valence-electron chi connectivity index (χ2n) is 2.53. The van der Waals surface area contributed by atoms with E-state index in [9.17, 15) is 8.42 Å². The molecule has 1 aromatic heterocycles. The lowest BCUT2D eigenvalue weighted by Gasteiger charge is -1.94. The average Bonchev–Trinajstić information content (AvgIpc) is 2.47. The van der Waals surface area contributed by atoms with E-state index in [0.29, 0.717) is 6.42 Å². The summed E-state index contributed by atoms with van der Waals surface area (Å²) in [5.74, 6) is 0.0295. The molecule has 0 spiro atoms. The third-order valence-corrected chi connectivity index (χ3v) is 5.13. The first-order chi connectivity index (χ1) is 6.51. The van der Waals surface area contributed by atoms with Crippen LogP contribution in [0.4, 0.5) is 0 Å². The van der Waals surface area contributed by atoms with Crippen LogP contribution in [-0.2, 0) is 9.84 Å². The van der Waals surface area contributed by atoms with Crippen LogP contribution in [0.3, 0.4) is 0 Å². The van der Waals surface area contributed by atoms with E-state index < -0.39 is 9.84 Å². The predicted octanol–water partition coefficient (Wildman–Crippen LogP) is 1.85. The van der Waals surface area contributed by atoms with Gasteiger partial charge in [0.1, 0.15) is 10.9 Å². The first-order valence-corrected chi connectivity index (χ1v) is 6.65. The lowest BCUT2D eigenvalue weighted by Crippen LogP contribution is -2.04. The molecule has 7 heteroatoms. The SMILES string of the molecule is CCCS(=O)(=O)c1nc(Cl)c(C#N)s1. The summed E-state index contributed by atoms with van der Waals surface area (Å²) in [5, 5.41) is 8.53. The van der Waals surface area contributed by atoms with Gasteiger partial charge in [-0.25, -0.2) is 13.4 Å². The minimum absolute atomic E-state index is 0.0295. The molecular formula is C7H7ClN2O2S2. The molecule has 0 bridgehead atoms. The van der Waals surface area contributed by atoms with Crippen LogP contribution in [0.5, 0.6) is 0 Å². The summed E-state index contributed by atoms with van der Waals surface area (Å²) in [7, 11) is -3.35. The lowest BCUT2D eigenvalue weighted by molar-refractivity contribution is 0.594. The Labute approximate surface area is 91.1 Å². The first kappa shape index (κ1) is 11.4. The molecule has 0 saturated carbocycles. The van der Waals surface area contributed by atoms with Crippen molar-refractivity contribution in [3.63, 3.8) is 0 Å². The summed E-state index contributed by atoms with van der Waals surface area (Å²) < 4.78 is 22.9. The van der Waals surface area contributed by atoms with E-state index in [1.807, 2.05) is 0 Å². The molecule has 1 heterocycles. The van der Waals surface area contributed by atoms with E-state index in [1.54, 1.807) is 13.0 Å². The van der Waals surface area contributed by atoms with E-state index >= 15 is 0 Å². The van der Waals surface area contributed by atoms with Crippen LogP contribution < -0.4 is 0 Å². The molecule has 76 valence electrons. The Balaban J connectivity index is 3.16. The fourth-order valence-electron chi connectivity index (χ4n) is 0.841. The predicted molar refractivity (Wildman–Crippen MR) is 54.2 cm³/mol. The molecule has 4 nitrogen and oxygen atoms in total. The quantitative estimate of drug-likeness (QED) is 0.821. The van der Waals surface area contributed by atoms with E-state index in [-0.39, 0.29) is 20.1 Å². The zero-order valence-corrected chi connectivity index (χ0v) is 9.71. The number of nitriles is 1. The summed E-state index contributed by atoms with van der Waals surface area (Å²) in [6.45, 7) is 1.76. The van der Waals surface area contributed by atoms with Crippen molar-refractivity contribution in [2.24, 2.45) is 0 Å². The number of halogens is 1. The molecule has 0 aliphatic heterocycles. The summed E-state index contributed by atoms with van der Waals surface area (Å²) in [4.78, 5) is 3.79. The highest BCUT2D eigenvalue weighted by Gasteiger charge is 2.20. The second kappa shape index (κ2) is 4.26. The van der Waals surface area contributed by atoms with Gasteiger partial charge in [-0.15, -0.1) is 0 Å². The van der Waals surface area contributed by atoms with Gasteiger partial charge in [-0.3, -0.25) is 0 Å². The van der Waals surface area contributed by atoms with E-state index in [1.165, 1.54) is 0 Å². The standard InChI is InChI=1S/C7H7ClN2O2S2/c1-2-3-14(11,12)7-10-6(8)5(4-9)13-7/h2-3H2,1H3. The molecule has 0 aliphatic rings. The second-order valence-corrected chi connectivity index (χ2v) is 6.17. The highest BCUT2D eigenvalue weighted by Crippen LogP contribution is 2.26. The Hall–Kier alpha value is -0.640. The Morgan fingerprint density at radius 1 is 1.64 bits per heavy atom. The van der Waals surface area contributed by atoms with Crippen molar-refractivity contribution in [2.75, 3.05) is 5.75 Å². The van der Waals surface area contributed by atoms with Crippen molar-refractivity contribution < 1.29 is 8.42 Å². The van der Waals surface area contributed by atoms with Crippen molar-refractivity contribution in [3.05, 3.63) is 10.0 Å². The Bertz CT molecular complexity index is 472. The van der Waals surface area contributed by atoms with Crippen LogP contribution >= 0.6 is 22.9 Å². The van der Waals surface area contributed by atoms with Gasteiger partial charge in [0.25, 0.3) is 0 Å². The minimum atomic E-state index is -3.35. The van der Waals surface area contributed by atoms with Crippen LogP contribution in [0.25, 0.3) is 0 Å². The third kappa shape index (κ3) is 2.23. The fourth-order valence-corrected chi connectivity index (χ4v) is 3.62. The summed E-state index contributed by atoms with van der Waals surface area (Å²) in [5.41, 5.74) is 0. The molecule has 0 unspecified atom stereocenters. The smallest absolute Gasteiger partial charge is 0.211 e. The molecule has 0 fully saturated rings. The summed E-state index contributed by atoms with van der Waals surface area (Å²) in [6, 6.07) is 1.79. The van der Waals surface area contributed by atoms with E-state index in [4.69, 9.17) is 16.9 Å². The van der Waals surface area contributed by atoms with Crippen molar-refractivity contribution in [2.45, 2.75) is 17.7 Å². The van der Waals surface area contributed by atoms with Crippen molar-refractivity contribution >= 4 is 32.8 Å². The van der Waals surface area contributed by atoms with Crippen LogP contribution in [0.2, 0.25) is 5.15 Å². The Morgan fingerprint density at radius 2 is 2.29 bits per heavy atom. The molecule has 0 amide bonds. The van der Waals surface area contributed by atoms with Crippen molar-refractivity contribution in [1.29, 1.82) is 5.26 Å². The number of thiazole rings is 1. The third-order valence-electron chi connectivity index (χ3n) is 1.41. The first-order valence-electron chi connectivity index (χ1n) is 3.80. The molecule has 1 aromatic rings. The highest BCUT2D eigenvalue weighted by atomic mass is 35.5. The van der Waals surface area contributed by atoms with Crippen LogP contribution in [0, 0.1) is 11.3 Å². The largest absolute Gasteiger partial charge is 0.221 e. The molecule has 1 rings (SSSR count). The van der Waals surface area contributed by atoms with Gasteiger partial charge < -0.3 is 0 Å². The Kier molecular flexibility index (Phi) is 3.48. The fraction of sp³-hybridized carbons (Fsp3) is 0.429. The van der Waals surface area contributed by atoms with Crippen LogP contribution in [0.15, 0.2) is 4.34 Å². The van der Waals surface area contributed by atoms with Gasteiger partial charge in [0.05, 0.1) is 5.75 Å². The normalized spacial score (nSPS) is 11.2. The number of nitrogens with zero attached hydrogens (tertiary/aromatic N) is 2. The number of aromatic nitrogens is 1. The number of hydrogen-bond acceptors (Lipinski definition) is 5. The minimum Gasteiger partial charge on any atom is -0.221 e. The average molecular weight is 251 g/mol. The van der Waals surface area contributed by atoms with Gasteiger partial charge in [0, 0.05) is 0 Å². The maximum atomic E-state index is 11.5. The van der Waals surface area contributed by atoms with Gasteiger partial charge in [-0.1, -0.05) is 29.9 Å². The summed E-state index contributed by atoms with van der Waals surface area (Å²) >= 11 is 6.38. The van der Waals surface area contributed by atoms with E-state index in [2.05, 4.69) is 4.98 Å². The topological polar surface area (TPSA) is 70.8 Å². The zero-order valence-electron chi connectivity index (χ0n) is 7.32. The highest BCUT2D eigenvalue weighted by molar-refractivity contribution is 7.93. The molecule has 0 saturated heterocycles. The van der Waals surface area contributed by atoms with Gasteiger partial charge >= 0.3 is 0 Å². The number of sulfone groups is 1. The van der Waals surface area contributed by atoms with Gasteiger partial charge in [0.2, 0.25) is 14.2 Å². The molecule has 14 heavy (non-hydrogen) atoms. The van der Waals surface area contributed by atoms with Gasteiger partial charge in [0.15, 0.2) is 5.15 Å². The molecule has 0 N–H and O–H groups in total. The molecule has 0 aliphatic carbocycles. The van der Waals surface area contributed by atoms with E-state index in [0.717, 1.165) is 11.3 Å². The maximum Gasteiger partial charge on any atom is 0.211 e. The monoisotopic (exact) mass is 250 g/mol. The van der Waals surface area contributed by atoms with Crippen molar-refractivity contribution in [3.8, 4) is 6.07 Å². The number of rotatable bonds is 3. The van der Waals surface area contributed by atoms with Gasteiger partial charge in [-0.2, -0.15) is 5.26 Å². The molecule has 0 aromatic carbocycles. The summed E-state index contributed by atoms with van der Waals surface area (Å²) in [6.07, 6.45) is 0.515. The van der Waals surface area contributed by atoms with Crippen molar-refractivity contribution in [1.82, 2.24) is 4.98 Å². The maximum absolute atomic E-state index is 11.5. The van der Waals surface area contributed by atoms with Crippen LogP contribution in [-0.4, -0.2) is 19.2 Å². The molecule has 0 atom stereocenters. The Morgan fingerprint density at radius 3 is 2.71 bits per heavy atom. The zero-order chi connectivity index (χ0) is 10.8.